The number of hydrogen-bond acceptors (Lipinski definition) is 1. The van der Waals surface area contributed by atoms with Crippen molar-refractivity contribution in [2.45, 2.75) is 31.4 Å². The van der Waals surface area contributed by atoms with E-state index in [1.54, 1.807) is 0 Å². The maximum absolute atomic E-state index is 2.32. The molecule has 52 valence electrons. The van der Waals surface area contributed by atoms with Crippen LogP contribution in [0.4, 0.5) is 0 Å². The summed E-state index contributed by atoms with van der Waals surface area (Å²) >= 11 is 2.10. The van der Waals surface area contributed by atoms with E-state index in [4.69, 9.17) is 0 Å². The Morgan fingerprint density at radius 3 is 3.22 bits per heavy atom. The van der Waals surface area contributed by atoms with E-state index < -0.39 is 0 Å². The van der Waals surface area contributed by atoms with Gasteiger partial charge in [-0.25, -0.2) is 0 Å². The predicted octanol–water partition coefficient (Wildman–Crippen LogP) is 2.85. The standard InChI is InChI=1S/C8H14S/c1-8-6-4-2-3-5-7-9-8/h2,4,8H,3,5-7H2,1H3. The minimum Gasteiger partial charge on any atom is -0.159 e. The molecule has 0 saturated heterocycles. The lowest BCUT2D eigenvalue weighted by atomic mass is 10.2. The first-order valence-corrected chi connectivity index (χ1v) is 4.71. The molecule has 0 amide bonds. The van der Waals surface area contributed by atoms with Crippen LogP contribution in [-0.2, 0) is 0 Å². The van der Waals surface area contributed by atoms with Crippen LogP contribution in [0.3, 0.4) is 0 Å². The van der Waals surface area contributed by atoms with Crippen LogP contribution in [0.25, 0.3) is 0 Å². The van der Waals surface area contributed by atoms with Crippen LogP contribution < -0.4 is 0 Å². The van der Waals surface area contributed by atoms with E-state index in [0.29, 0.717) is 0 Å². The molecule has 9 heavy (non-hydrogen) atoms. The average molecular weight is 142 g/mol. The fourth-order valence-corrected chi connectivity index (χ4v) is 1.94. The molecule has 0 radical (unpaired) electrons. The predicted molar refractivity (Wildman–Crippen MR) is 44.9 cm³/mol. The van der Waals surface area contributed by atoms with Gasteiger partial charge in [-0.15, -0.1) is 0 Å². The Bertz CT molecular complexity index is 96.7. The maximum Gasteiger partial charge on any atom is 0.00532 e. The third-order valence-electron chi connectivity index (χ3n) is 1.55. The van der Waals surface area contributed by atoms with Crippen molar-refractivity contribution >= 4 is 11.8 Å². The fourth-order valence-electron chi connectivity index (χ4n) is 0.959. The van der Waals surface area contributed by atoms with E-state index >= 15 is 0 Å². The van der Waals surface area contributed by atoms with E-state index in [2.05, 4.69) is 30.8 Å². The van der Waals surface area contributed by atoms with Gasteiger partial charge in [0.25, 0.3) is 0 Å². The highest BCUT2D eigenvalue weighted by Crippen LogP contribution is 2.18. The molecular weight excluding hydrogens is 128 g/mol. The third kappa shape index (κ3) is 2.95. The first-order chi connectivity index (χ1) is 4.39. The normalized spacial score (nSPS) is 29.2. The van der Waals surface area contributed by atoms with E-state index in [1.807, 2.05) is 0 Å². The van der Waals surface area contributed by atoms with Crippen LogP contribution in [0.5, 0.6) is 0 Å². The minimum absolute atomic E-state index is 0.849. The van der Waals surface area contributed by atoms with Crippen LogP contribution >= 0.6 is 11.8 Å². The van der Waals surface area contributed by atoms with Crippen molar-refractivity contribution in [2.24, 2.45) is 0 Å². The summed E-state index contributed by atoms with van der Waals surface area (Å²) in [4.78, 5) is 0. The van der Waals surface area contributed by atoms with Gasteiger partial charge < -0.3 is 0 Å². The monoisotopic (exact) mass is 142 g/mol. The van der Waals surface area contributed by atoms with Gasteiger partial charge in [0.05, 0.1) is 0 Å². The molecule has 1 unspecified atom stereocenters. The number of allylic oxidation sites excluding steroid dienone is 2. The van der Waals surface area contributed by atoms with E-state index in [1.165, 1.54) is 25.0 Å². The molecule has 0 saturated carbocycles. The molecule has 0 spiro atoms. The Morgan fingerprint density at radius 1 is 1.44 bits per heavy atom. The van der Waals surface area contributed by atoms with E-state index in [-0.39, 0.29) is 0 Å². The molecule has 0 aromatic heterocycles. The second kappa shape index (κ2) is 3.99. The van der Waals surface area contributed by atoms with Crippen molar-refractivity contribution < 1.29 is 0 Å². The van der Waals surface area contributed by atoms with Gasteiger partial charge in [-0.2, -0.15) is 11.8 Å². The van der Waals surface area contributed by atoms with Gasteiger partial charge in [-0.05, 0) is 25.0 Å². The summed E-state index contributed by atoms with van der Waals surface area (Å²) in [6.45, 7) is 2.31. The number of thioether (sulfide) groups is 1. The molecule has 0 aromatic carbocycles. The van der Waals surface area contributed by atoms with E-state index in [0.717, 1.165) is 5.25 Å². The Kier molecular flexibility index (Phi) is 3.20. The highest BCUT2D eigenvalue weighted by molar-refractivity contribution is 7.99. The molecule has 0 aromatic rings. The zero-order valence-electron chi connectivity index (χ0n) is 5.97. The van der Waals surface area contributed by atoms with Crippen LogP contribution in [0.1, 0.15) is 26.2 Å². The highest BCUT2D eigenvalue weighted by atomic mass is 32.2. The van der Waals surface area contributed by atoms with Crippen molar-refractivity contribution in [3.05, 3.63) is 12.2 Å². The Hall–Kier alpha value is 0.0900. The minimum atomic E-state index is 0.849. The van der Waals surface area contributed by atoms with Gasteiger partial charge in [0.15, 0.2) is 0 Å². The first kappa shape index (κ1) is 7.20. The summed E-state index contributed by atoms with van der Waals surface area (Å²) in [5, 5.41) is 0.849. The molecule has 0 bridgehead atoms. The van der Waals surface area contributed by atoms with Crippen molar-refractivity contribution in [3.63, 3.8) is 0 Å². The summed E-state index contributed by atoms with van der Waals surface area (Å²) in [7, 11) is 0. The highest BCUT2D eigenvalue weighted by Gasteiger charge is 2.00. The van der Waals surface area contributed by atoms with Gasteiger partial charge in [-0.3, -0.25) is 0 Å². The molecule has 0 N–H and O–H groups in total. The second-order valence-corrected chi connectivity index (χ2v) is 4.08. The second-order valence-electron chi connectivity index (χ2n) is 2.53. The van der Waals surface area contributed by atoms with Gasteiger partial charge in [-0.1, -0.05) is 19.1 Å². The lowest BCUT2D eigenvalue weighted by Gasteiger charge is -2.09. The smallest absolute Gasteiger partial charge is 0.00532 e. The summed E-state index contributed by atoms with van der Waals surface area (Å²) < 4.78 is 0. The van der Waals surface area contributed by atoms with Crippen LogP contribution in [-0.4, -0.2) is 11.0 Å². The van der Waals surface area contributed by atoms with Crippen LogP contribution in [0, 0.1) is 0 Å². The third-order valence-corrected chi connectivity index (χ3v) is 2.84. The Morgan fingerprint density at radius 2 is 2.33 bits per heavy atom. The van der Waals surface area contributed by atoms with Gasteiger partial charge in [0, 0.05) is 5.25 Å². The van der Waals surface area contributed by atoms with Crippen molar-refractivity contribution in [3.8, 4) is 0 Å². The fraction of sp³-hybridized carbons (Fsp3) is 0.750. The van der Waals surface area contributed by atoms with Gasteiger partial charge in [0.2, 0.25) is 0 Å². The molecule has 0 aliphatic carbocycles. The van der Waals surface area contributed by atoms with Crippen molar-refractivity contribution in [2.75, 3.05) is 5.75 Å². The molecule has 1 atom stereocenters. The SMILES string of the molecule is CC1CC=CCCCS1. The molecule has 1 heteroatoms. The largest absolute Gasteiger partial charge is 0.159 e. The summed E-state index contributed by atoms with van der Waals surface area (Å²) in [5.74, 6) is 1.35. The number of rotatable bonds is 0. The van der Waals surface area contributed by atoms with Gasteiger partial charge in [0.1, 0.15) is 0 Å². The molecule has 1 rings (SSSR count). The molecule has 1 aliphatic rings. The lowest BCUT2D eigenvalue weighted by molar-refractivity contribution is 0.907. The number of hydrogen-bond donors (Lipinski definition) is 0. The zero-order valence-corrected chi connectivity index (χ0v) is 6.79. The van der Waals surface area contributed by atoms with Crippen LogP contribution in [0.2, 0.25) is 0 Å². The molecule has 0 fully saturated rings. The maximum atomic E-state index is 2.32. The van der Waals surface area contributed by atoms with Gasteiger partial charge >= 0.3 is 0 Å². The zero-order chi connectivity index (χ0) is 6.53. The molecular formula is C8H14S. The summed E-state index contributed by atoms with van der Waals surface area (Å²) in [5.41, 5.74) is 0. The lowest BCUT2D eigenvalue weighted by Crippen LogP contribution is -1.97. The molecule has 0 nitrogen and oxygen atoms in total. The summed E-state index contributed by atoms with van der Waals surface area (Å²) in [6, 6.07) is 0. The average Bonchev–Trinajstić information content (AvgIpc) is 1.79. The topological polar surface area (TPSA) is 0 Å². The summed E-state index contributed by atoms with van der Waals surface area (Å²) in [6.07, 6.45) is 8.56. The first-order valence-electron chi connectivity index (χ1n) is 3.66. The molecule has 1 aliphatic heterocycles. The quantitative estimate of drug-likeness (QED) is 0.469. The van der Waals surface area contributed by atoms with Crippen molar-refractivity contribution in [1.82, 2.24) is 0 Å². The van der Waals surface area contributed by atoms with Crippen LogP contribution in [0.15, 0.2) is 12.2 Å². The van der Waals surface area contributed by atoms with E-state index in [9.17, 15) is 0 Å². The Labute approximate surface area is 61.7 Å². The Balaban J connectivity index is 2.28. The van der Waals surface area contributed by atoms with Crippen molar-refractivity contribution in [1.29, 1.82) is 0 Å². The molecule has 1 heterocycles.